The summed E-state index contributed by atoms with van der Waals surface area (Å²) in [6.45, 7) is 0. The second-order valence-electron chi connectivity index (χ2n) is 4.16. The van der Waals surface area contributed by atoms with Gasteiger partial charge < -0.3 is 4.42 Å². The molecule has 3 aromatic carbocycles. The predicted octanol–water partition coefficient (Wildman–Crippen LogP) is 5.50. The van der Waals surface area contributed by atoms with Gasteiger partial charge in [-0.1, -0.05) is 46.3 Å². The van der Waals surface area contributed by atoms with Crippen LogP contribution in [0.3, 0.4) is 0 Å². The molecule has 0 radical (unpaired) electrons. The molecule has 0 unspecified atom stereocenters. The van der Waals surface area contributed by atoms with Crippen molar-refractivity contribution in [3.8, 4) is 0 Å². The summed E-state index contributed by atoms with van der Waals surface area (Å²) in [4.78, 5) is 0. The average Bonchev–Trinajstić information content (AvgIpc) is 2.91. The highest BCUT2D eigenvalue weighted by Crippen LogP contribution is 2.35. The molecule has 0 aliphatic carbocycles. The summed E-state index contributed by atoms with van der Waals surface area (Å²) in [7, 11) is 0. The van der Waals surface area contributed by atoms with Gasteiger partial charge in [-0.15, -0.1) is 0 Å². The first-order valence-corrected chi connectivity index (χ1v) is 6.38. The molecule has 86 valence electrons. The van der Waals surface area contributed by atoms with Crippen molar-refractivity contribution in [2.24, 2.45) is 0 Å². The highest BCUT2D eigenvalue weighted by molar-refractivity contribution is 9.10. The third kappa shape index (κ3) is 1.33. The van der Waals surface area contributed by atoms with Crippen LogP contribution in [0.4, 0.5) is 0 Å². The van der Waals surface area contributed by atoms with E-state index in [1.54, 1.807) is 0 Å². The van der Waals surface area contributed by atoms with E-state index in [-0.39, 0.29) is 18.1 Å². The van der Waals surface area contributed by atoms with Crippen LogP contribution in [0, 0.1) is 0 Å². The molecule has 0 aliphatic heterocycles. The first-order chi connectivity index (χ1) is 10.1. The maximum absolute atomic E-state index is 8.29. The lowest BCUT2D eigenvalue weighted by atomic mass is 10.0. The summed E-state index contributed by atoms with van der Waals surface area (Å²) in [6.07, 6.45) is 0. The third-order valence-corrected chi connectivity index (χ3v) is 3.50. The lowest BCUT2D eigenvalue weighted by Gasteiger charge is -1.98. The summed E-state index contributed by atoms with van der Waals surface area (Å²) >= 11 is 3.25. The normalized spacial score (nSPS) is 13.9. The molecule has 0 fully saturated rings. The van der Waals surface area contributed by atoms with Crippen molar-refractivity contribution >= 4 is 48.6 Å². The summed E-state index contributed by atoms with van der Waals surface area (Å²) in [5.41, 5.74) is 0.947. The monoisotopic (exact) mass is 299 g/mol. The molecule has 18 heavy (non-hydrogen) atoms. The SMILES string of the molecule is [2H]c1c(Br)c([2H])c2c(oc3ccc4ccccc4c32)c1[2H]. The van der Waals surface area contributed by atoms with E-state index in [1.165, 1.54) is 0 Å². The lowest BCUT2D eigenvalue weighted by molar-refractivity contribution is 0.669. The van der Waals surface area contributed by atoms with Crippen molar-refractivity contribution in [1.29, 1.82) is 0 Å². The molecule has 0 saturated carbocycles. The summed E-state index contributed by atoms with van der Waals surface area (Å²) in [6, 6.07) is 11.9. The smallest absolute Gasteiger partial charge is 0.136 e. The zero-order chi connectivity index (χ0) is 14.7. The van der Waals surface area contributed by atoms with E-state index in [2.05, 4.69) is 15.9 Å². The Kier molecular flexibility index (Phi) is 1.52. The highest BCUT2D eigenvalue weighted by Gasteiger charge is 2.10. The molecule has 0 saturated heterocycles. The van der Waals surface area contributed by atoms with E-state index in [0.29, 0.717) is 21.0 Å². The largest absolute Gasteiger partial charge is 0.456 e. The number of benzene rings is 3. The van der Waals surface area contributed by atoms with Gasteiger partial charge in [0.05, 0.1) is 4.11 Å². The Morgan fingerprint density at radius 2 is 1.83 bits per heavy atom. The Morgan fingerprint density at radius 3 is 2.78 bits per heavy atom. The van der Waals surface area contributed by atoms with Crippen molar-refractivity contribution < 1.29 is 8.53 Å². The minimum atomic E-state index is -0.0177. The Labute approximate surface area is 116 Å². The number of hydrogen-bond donors (Lipinski definition) is 0. The van der Waals surface area contributed by atoms with E-state index >= 15 is 0 Å². The van der Waals surface area contributed by atoms with Crippen LogP contribution in [0.25, 0.3) is 32.7 Å². The Hall–Kier alpha value is -1.80. The molecule has 1 nitrogen and oxygen atoms in total. The molecule has 4 aromatic rings. The lowest BCUT2D eigenvalue weighted by Crippen LogP contribution is -1.73. The summed E-state index contributed by atoms with van der Waals surface area (Å²) in [5, 5.41) is 3.48. The maximum atomic E-state index is 8.29. The van der Waals surface area contributed by atoms with Crippen molar-refractivity contribution in [3.63, 3.8) is 0 Å². The van der Waals surface area contributed by atoms with E-state index in [9.17, 15) is 0 Å². The first kappa shape index (κ1) is 7.59. The van der Waals surface area contributed by atoms with Gasteiger partial charge in [-0.25, -0.2) is 0 Å². The van der Waals surface area contributed by atoms with Crippen LogP contribution < -0.4 is 0 Å². The minimum absolute atomic E-state index is 0.00755. The molecule has 0 aliphatic rings. The van der Waals surface area contributed by atoms with Gasteiger partial charge in [-0.05, 0) is 35.0 Å². The quantitative estimate of drug-likeness (QED) is 0.418. The van der Waals surface area contributed by atoms with Crippen LogP contribution in [0.15, 0.2) is 63.4 Å². The predicted molar refractivity (Wildman–Crippen MR) is 78.9 cm³/mol. The minimum Gasteiger partial charge on any atom is -0.456 e. The number of furan rings is 1. The van der Waals surface area contributed by atoms with Gasteiger partial charge in [0.1, 0.15) is 11.2 Å². The Morgan fingerprint density at radius 1 is 0.944 bits per heavy atom. The number of hydrogen-bond acceptors (Lipinski definition) is 1. The fourth-order valence-corrected chi connectivity index (χ4v) is 2.63. The molecule has 0 spiro atoms. The van der Waals surface area contributed by atoms with Gasteiger partial charge in [0, 0.05) is 15.2 Å². The molecule has 2 heteroatoms. The Balaban J connectivity index is 2.39. The molecule has 1 aromatic heterocycles. The summed E-state index contributed by atoms with van der Waals surface area (Å²) < 4.78 is 30.3. The van der Waals surface area contributed by atoms with Crippen molar-refractivity contribution in [2.75, 3.05) is 0 Å². The van der Waals surface area contributed by atoms with Crippen LogP contribution in [-0.2, 0) is 0 Å². The molecule has 0 atom stereocenters. The zero-order valence-corrected chi connectivity index (χ0v) is 10.8. The van der Waals surface area contributed by atoms with E-state index in [1.807, 2.05) is 36.4 Å². The molecule has 1 heterocycles. The fourth-order valence-electron chi connectivity index (χ4n) is 2.33. The van der Waals surface area contributed by atoms with Crippen LogP contribution in [0.2, 0.25) is 0 Å². The highest BCUT2D eigenvalue weighted by atomic mass is 79.9. The number of fused-ring (bicyclic) bond motifs is 5. The van der Waals surface area contributed by atoms with E-state index in [4.69, 9.17) is 8.53 Å². The van der Waals surface area contributed by atoms with Gasteiger partial charge in [-0.3, -0.25) is 0 Å². The molecular weight excluding hydrogens is 288 g/mol. The molecule has 4 rings (SSSR count). The van der Waals surface area contributed by atoms with Crippen molar-refractivity contribution in [3.05, 3.63) is 59.0 Å². The zero-order valence-electron chi connectivity index (χ0n) is 12.3. The average molecular weight is 300 g/mol. The number of rotatable bonds is 0. The topological polar surface area (TPSA) is 13.1 Å². The van der Waals surface area contributed by atoms with Crippen LogP contribution >= 0.6 is 15.9 Å². The second-order valence-corrected chi connectivity index (χ2v) is 4.95. The molecule has 0 bridgehead atoms. The van der Waals surface area contributed by atoms with Crippen LogP contribution in [0.1, 0.15) is 4.11 Å². The maximum Gasteiger partial charge on any atom is 0.136 e. The van der Waals surface area contributed by atoms with Crippen molar-refractivity contribution in [2.45, 2.75) is 0 Å². The van der Waals surface area contributed by atoms with Gasteiger partial charge in [0.15, 0.2) is 0 Å². The van der Waals surface area contributed by atoms with Gasteiger partial charge in [0.25, 0.3) is 0 Å². The summed E-state index contributed by atoms with van der Waals surface area (Å²) in [5.74, 6) is 0. The standard InChI is InChI=1S/C16H9BrO/c17-11-6-8-14-13(9-11)16-12-4-2-1-3-10(12)5-7-15(16)18-14/h1-9H/i6D,8D,9D. The van der Waals surface area contributed by atoms with Gasteiger partial charge >= 0.3 is 0 Å². The van der Waals surface area contributed by atoms with Crippen LogP contribution in [-0.4, -0.2) is 0 Å². The third-order valence-electron chi connectivity index (χ3n) is 3.10. The molecular formula is C16H9BrO. The molecule has 0 N–H and O–H groups in total. The second kappa shape index (κ2) is 3.59. The van der Waals surface area contributed by atoms with Gasteiger partial charge in [0.2, 0.25) is 0 Å². The van der Waals surface area contributed by atoms with E-state index in [0.717, 1.165) is 16.2 Å². The van der Waals surface area contributed by atoms with Gasteiger partial charge in [-0.2, -0.15) is 0 Å². The van der Waals surface area contributed by atoms with Crippen molar-refractivity contribution in [1.82, 2.24) is 0 Å². The molecule has 0 amide bonds. The Bertz CT molecular complexity index is 1040. The van der Waals surface area contributed by atoms with E-state index < -0.39 is 0 Å². The van der Waals surface area contributed by atoms with Crippen LogP contribution in [0.5, 0.6) is 0 Å². The fraction of sp³-hybridized carbons (Fsp3) is 0. The number of halogens is 1. The first-order valence-electron chi connectivity index (χ1n) is 7.09.